The van der Waals surface area contributed by atoms with Crippen molar-refractivity contribution in [2.75, 3.05) is 0 Å². The molecule has 1 aliphatic carbocycles. The van der Waals surface area contributed by atoms with E-state index in [4.69, 9.17) is 4.74 Å². The highest BCUT2D eigenvalue weighted by Crippen LogP contribution is 2.61. The van der Waals surface area contributed by atoms with Crippen LogP contribution in [-0.2, 0) is 19.1 Å². The van der Waals surface area contributed by atoms with Gasteiger partial charge in [-0.3, -0.25) is 14.4 Å². The molecule has 0 aromatic heterocycles. The van der Waals surface area contributed by atoms with Gasteiger partial charge in [0.15, 0.2) is 16.8 Å². The zero-order valence-corrected chi connectivity index (χ0v) is 9.49. The van der Waals surface area contributed by atoms with Crippen LogP contribution in [0.2, 0.25) is 0 Å². The SMILES string of the molecule is CC1(C)[C@@]2(C(=O)O)CCC(=O)[C@@]1(C)OC2=O. The quantitative estimate of drug-likeness (QED) is 0.527. The molecule has 1 N–H and O–H groups in total. The highest BCUT2D eigenvalue weighted by Gasteiger charge is 2.76. The van der Waals surface area contributed by atoms with Crippen LogP contribution in [-0.4, -0.2) is 28.4 Å². The Morgan fingerprint density at radius 3 is 2.38 bits per heavy atom. The van der Waals surface area contributed by atoms with E-state index >= 15 is 0 Å². The van der Waals surface area contributed by atoms with Gasteiger partial charge in [0.05, 0.1) is 0 Å². The van der Waals surface area contributed by atoms with Crippen molar-refractivity contribution in [3.63, 3.8) is 0 Å². The minimum atomic E-state index is -1.57. The Kier molecular flexibility index (Phi) is 1.84. The number of esters is 1. The van der Waals surface area contributed by atoms with E-state index in [-0.39, 0.29) is 18.6 Å². The van der Waals surface area contributed by atoms with Gasteiger partial charge in [-0.25, -0.2) is 0 Å². The van der Waals surface area contributed by atoms with Crippen LogP contribution in [0.15, 0.2) is 0 Å². The van der Waals surface area contributed by atoms with Gasteiger partial charge in [-0.2, -0.15) is 0 Å². The average molecular weight is 226 g/mol. The molecule has 0 amide bonds. The van der Waals surface area contributed by atoms with E-state index in [1.54, 1.807) is 13.8 Å². The van der Waals surface area contributed by atoms with E-state index in [0.29, 0.717) is 0 Å². The molecule has 1 aliphatic heterocycles. The fraction of sp³-hybridized carbons (Fsp3) is 0.727. The first kappa shape index (κ1) is 11.1. The van der Waals surface area contributed by atoms with Gasteiger partial charge in [0, 0.05) is 11.8 Å². The normalized spacial score (nSPS) is 40.7. The second-order valence-electron chi connectivity index (χ2n) is 5.18. The molecule has 2 rings (SSSR count). The first-order chi connectivity index (χ1) is 7.20. The van der Waals surface area contributed by atoms with E-state index < -0.39 is 28.4 Å². The molecule has 5 nitrogen and oxygen atoms in total. The Bertz CT molecular complexity index is 411. The Labute approximate surface area is 92.8 Å². The van der Waals surface area contributed by atoms with Crippen molar-refractivity contribution in [3.8, 4) is 0 Å². The zero-order chi connectivity index (χ0) is 12.4. The van der Waals surface area contributed by atoms with Crippen LogP contribution in [0.5, 0.6) is 0 Å². The molecule has 0 aromatic carbocycles. The molecule has 0 unspecified atom stereocenters. The van der Waals surface area contributed by atoms with Crippen LogP contribution in [0, 0.1) is 10.8 Å². The lowest BCUT2D eigenvalue weighted by Crippen LogP contribution is -2.58. The monoisotopic (exact) mass is 226 g/mol. The predicted octanol–water partition coefficient (Wildman–Crippen LogP) is 0.762. The van der Waals surface area contributed by atoms with E-state index in [9.17, 15) is 19.5 Å². The molecule has 1 heterocycles. The number of Topliss-reactive ketones (excluding diaryl/α,β-unsaturated/α-hetero) is 1. The van der Waals surface area contributed by atoms with Gasteiger partial charge in [0.2, 0.25) is 0 Å². The number of hydrogen-bond acceptors (Lipinski definition) is 4. The highest BCUT2D eigenvalue weighted by molar-refractivity contribution is 6.08. The Balaban J connectivity index is 2.69. The first-order valence-electron chi connectivity index (χ1n) is 5.20. The van der Waals surface area contributed by atoms with Crippen molar-refractivity contribution < 1.29 is 24.2 Å². The van der Waals surface area contributed by atoms with Crippen LogP contribution in [0.1, 0.15) is 33.6 Å². The summed E-state index contributed by atoms with van der Waals surface area (Å²) in [5.74, 6) is -2.17. The van der Waals surface area contributed by atoms with Crippen molar-refractivity contribution in [1.29, 1.82) is 0 Å². The minimum Gasteiger partial charge on any atom is -0.480 e. The highest BCUT2D eigenvalue weighted by atomic mass is 16.6. The molecular formula is C11H14O5. The molecule has 1 saturated carbocycles. The summed E-state index contributed by atoms with van der Waals surface area (Å²) in [4.78, 5) is 35.1. The van der Waals surface area contributed by atoms with Gasteiger partial charge < -0.3 is 9.84 Å². The smallest absolute Gasteiger partial charge is 0.325 e. The maximum atomic E-state index is 11.8. The minimum absolute atomic E-state index is 0.0303. The Morgan fingerprint density at radius 1 is 1.31 bits per heavy atom. The Hall–Kier alpha value is -1.39. The van der Waals surface area contributed by atoms with E-state index in [0.717, 1.165) is 0 Å². The third-order valence-corrected chi connectivity index (χ3v) is 4.53. The maximum absolute atomic E-state index is 11.8. The van der Waals surface area contributed by atoms with Crippen LogP contribution < -0.4 is 0 Å². The van der Waals surface area contributed by atoms with Crippen molar-refractivity contribution in [3.05, 3.63) is 0 Å². The molecule has 5 heteroatoms. The van der Waals surface area contributed by atoms with Crippen LogP contribution in [0.25, 0.3) is 0 Å². The molecule has 1 saturated heterocycles. The summed E-state index contributed by atoms with van der Waals surface area (Å²) in [7, 11) is 0. The summed E-state index contributed by atoms with van der Waals surface area (Å²) in [6.45, 7) is 4.74. The molecule has 0 spiro atoms. The summed E-state index contributed by atoms with van der Waals surface area (Å²) in [5, 5.41) is 9.31. The van der Waals surface area contributed by atoms with Gasteiger partial charge in [0.25, 0.3) is 0 Å². The third kappa shape index (κ3) is 0.817. The molecule has 2 fully saturated rings. The number of aliphatic carboxylic acids is 1. The predicted molar refractivity (Wildman–Crippen MR) is 52.6 cm³/mol. The second kappa shape index (κ2) is 2.64. The standard InChI is InChI=1S/C11H14O5/c1-9(2)10(3)6(12)4-5-11(9,7(13)14)8(15)16-10/h4-5H2,1-3H3,(H,13,14)/t10-,11-/m1/s1. The van der Waals surface area contributed by atoms with Crippen molar-refractivity contribution in [2.24, 2.45) is 10.8 Å². The zero-order valence-electron chi connectivity index (χ0n) is 9.49. The molecule has 2 aliphatic rings. The molecule has 0 radical (unpaired) electrons. The van der Waals surface area contributed by atoms with Gasteiger partial charge >= 0.3 is 11.9 Å². The number of hydrogen-bond donors (Lipinski definition) is 1. The fourth-order valence-corrected chi connectivity index (χ4v) is 2.88. The van der Waals surface area contributed by atoms with Gasteiger partial charge in [0.1, 0.15) is 0 Å². The maximum Gasteiger partial charge on any atom is 0.325 e. The fourth-order valence-electron chi connectivity index (χ4n) is 2.88. The summed E-state index contributed by atoms with van der Waals surface area (Å²) < 4.78 is 5.10. The summed E-state index contributed by atoms with van der Waals surface area (Å²) >= 11 is 0. The summed E-state index contributed by atoms with van der Waals surface area (Å²) in [5.41, 5.74) is -3.89. The molecule has 2 bridgehead atoms. The van der Waals surface area contributed by atoms with Crippen LogP contribution in [0.4, 0.5) is 0 Å². The van der Waals surface area contributed by atoms with Crippen molar-refractivity contribution in [2.45, 2.75) is 39.2 Å². The van der Waals surface area contributed by atoms with Crippen molar-refractivity contribution in [1.82, 2.24) is 0 Å². The van der Waals surface area contributed by atoms with Crippen molar-refractivity contribution >= 4 is 17.7 Å². The molecule has 2 atom stereocenters. The number of fused-ring (bicyclic) bond motifs is 2. The lowest BCUT2D eigenvalue weighted by molar-refractivity contribution is -0.165. The van der Waals surface area contributed by atoms with Gasteiger partial charge in [-0.15, -0.1) is 0 Å². The largest absolute Gasteiger partial charge is 0.480 e. The van der Waals surface area contributed by atoms with Gasteiger partial charge in [-0.05, 0) is 13.3 Å². The van der Waals surface area contributed by atoms with E-state index in [1.807, 2.05) is 0 Å². The molecule has 88 valence electrons. The lowest BCUT2D eigenvalue weighted by atomic mass is 9.53. The van der Waals surface area contributed by atoms with E-state index in [1.165, 1.54) is 6.92 Å². The lowest BCUT2D eigenvalue weighted by Gasteiger charge is -2.44. The molecule has 16 heavy (non-hydrogen) atoms. The number of ether oxygens (including phenoxy) is 1. The van der Waals surface area contributed by atoms with E-state index in [2.05, 4.69) is 0 Å². The first-order valence-corrected chi connectivity index (χ1v) is 5.20. The Morgan fingerprint density at radius 2 is 1.88 bits per heavy atom. The average Bonchev–Trinajstić information content (AvgIpc) is 2.25. The topological polar surface area (TPSA) is 80.7 Å². The number of carbonyl (C=O) groups is 3. The van der Waals surface area contributed by atoms with Gasteiger partial charge in [-0.1, -0.05) is 13.8 Å². The number of carboxylic acids is 1. The second-order valence-corrected chi connectivity index (χ2v) is 5.18. The summed E-state index contributed by atoms with van der Waals surface area (Å²) in [6, 6.07) is 0. The van der Waals surface area contributed by atoms with Crippen LogP contribution in [0.3, 0.4) is 0 Å². The number of ketones is 1. The van der Waals surface area contributed by atoms with Crippen LogP contribution >= 0.6 is 0 Å². The number of carboxylic acid groups (broad SMARTS) is 1. The summed E-state index contributed by atoms with van der Waals surface area (Å²) in [6.07, 6.45) is 0.112. The number of carbonyl (C=O) groups excluding carboxylic acids is 2. The third-order valence-electron chi connectivity index (χ3n) is 4.53. The number of rotatable bonds is 1. The molecular weight excluding hydrogens is 212 g/mol. The molecule has 0 aromatic rings.